The third-order valence-corrected chi connectivity index (χ3v) is 4.72. The Bertz CT molecular complexity index is 1080. The number of carbonyl (C=O) groups is 2. The van der Waals surface area contributed by atoms with E-state index < -0.39 is 11.0 Å². The van der Waals surface area contributed by atoms with Gasteiger partial charge in [0, 0.05) is 29.7 Å². The zero-order chi connectivity index (χ0) is 20.4. The molecule has 3 aromatic carbocycles. The summed E-state index contributed by atoms with van der Waals surface area (Å²) in [4.78, 5) is 41.9. The van der Waals surface area contributed by atoms with Crippen LogP contribution in [-0.4, -0.2) is 16.6 Å². The molecule has 1 heterocycles. The van der Waals surface area contributed by atoms with Crippen molar-refractivity contribution in [3.05, 3.63) is 106 Å². The fourth-order valence-electron chi connectivity index (χ4n) is 3.26. The molecule has 0 aromatic heterocycles. The molecule has 0 N–H and O–H groups in total. The number of hydrogen-bond donors (Lipinski definition) is 0. The van der Waals surface area contributed by atoms with Crippen LogP contribution >= 0.6 is 0 Å². The molecule has 0 fully saturated rings. The number of nitro groups is 1. The molecule has 1 amide bonds. The number of carbonyl (C=O) groups excluding carboxylic acids is 2. The Hall–Kier alpha value is -3.84. The van der Waals surface area contributed by atoms with Crippen molar-refractivity contribution < 1.29 is 19.3 Å². The predicted octanol–water partition coefficient (Wildman–Crippen LogP) is 4.50. The molecule has 4 rings (SSSR count). The molecule has 1 unspecified atom stereocenters. The van der Waals surface area contributed by atoms with Crippen molar-refractivity contribution in [3.63, 3.8) is 0 Å². The fourth-order valence-corrected chi connectivity index (χ4v) is 3.26. The topological polar surface area (TPSA) is 89.8 Å². The molecule has 1 aliphatic rings. The van der Waals surface area contributed by atoms with Gasteiger partial charge in [0.25, 0.3) is 11.6 Å². The summed E-state index contributed by atoms with van der Waals surface area (Å²) < 4.78 is 0. The van der Waals surface area contributed by atoms with Crippen molar-refractivity contribution in [2.45, 2.75) is 12.5 Å². The number of Topliss-reactive ketones (excluding diaryl/α,β-unsaturated/α-hetero) is 1. The van der Waals surface area contributed by atoms with Crippen LogP contribution in [0.4, 0.5) is 11.4 Å². The van der Waals surface area contributed by atoms with Crippen molar-refractivity contribution in [1.29, 1.82) is 0 Å². The molecule has 7 nitrogen and oxygen atoms in total. The highest BCUT2D eigenvalue weighted by Crippen LogP contribution is 2.35. The molecule has 29 heavy (non-hydrogen) atoms. The Morgan fingerprint density at radius 1 is 0.966 bits per heavy atom. The van der Waals surface area contributed by atoms with Gasteiger partial charge in [0.05, 0.1) is 10.6 Å². The molecule has 1 aliphatic heterocycles. The van der Waals surface area contributed by atoms with Crippen LogP contribution in [0.3, 0.4) is 0 Å². The van der Waals surface area contributed by atoms with Gasteiger partial charge in [-0.25, -0.2) is 0 Å². The fraction of sp³-hybridized carbons (Fsp3) is 0.0909. The highest BCUT2D eigenvalue weighted by molar-refractivity contribution is 6.07. The second-order valence-electron chi connectivity index (χ2n) is 6.55. The van der Waals surface area contributed by atoms with Gasteiger partial charge in [-0.3, -0.25) is 24.5 Å². The number of benzene rings is 3. The first-order valence-electron chi connectivity index (χ1n) is 8.97. The normalized spacial score (nSPS) is 15.7. The SMILES string of the molecule is O=C(CC1ON(c2ccccc2)C(=O)c2ccccc21)c1ccc([N+](=O)[O-])cc1. The van der Waals surface area contributed by atoms with E-state index in [0.29, 0.717) is 22.4 Å². The minimum Gasteiger partial charge on any atom is -0.294 e. The summed E-state index contributed by atoms with van der Waals surface area (Å²) in [7, 11) is 0. The standard InChI is InChI=1S/C22H16N2O5/c25-20(15-10-12-17(13-11-15)24(27)28)14-21-18-8-4-5-9-19(18)22(26)23(29-21)16-6-2-1-3-7-16/h1-13,21H,14H2. The molecule has 0 bridgehead atoms. The molecule has 7 heteroatoms. The molecular formula is C22H16N2O5. The van der Waals surface area contributed by atoms with E-state index in [-0.39, 0.29) is 23.8 Å². The van der Waals surface area contributed by atoms with E-state index >= 15 is 0 Å². The van der Waals surface area contributed by atoms with Gasteiger partial charge in [-0.2, -0.15) is 5.06 Å². The summed E-state index contributed by atoms with van der Waals surface area (Å²) in [6.07, 6.45) is -0.669. The molecule has 0 radical (unpaired) electrons. The number of rotatable bonds is 5. The van der Waals surface area contributed by atoms with Gasteiger partial charge >= 0.3 is 0 Å². The molecule has 3 aromatic rings. The summed E-state index contributed by atoms with van der Waals surface area (Å²) in [5, 5.41) is 12.0. The van der Waals surface area contributed by atoms with Gasteiger partial charge < -0.3 is 0 Å². The minimum atomic E-state index is -0.660. The first kappa shape index (κ1) is 18.5. The Kier molecular flexibility index (Phi) is 4.88. The highest BCUT2D eigenvalue weighted by Gasteiger charge is 2.34. The summed E-state index contributed by atoms with van der Waals surface area (Å²) in [5.41, 5.74) is 1.95. The maximum Gasteiger partial charge on any atom is 0.282 e. The van der Waals surface area contributed by atoms with Crippen molar-refractivity contribution >= 4 is 23.1 Å². The second kappa shape index (κ2) is 7.65. The van der Waals surface area contributed by atoms with E-state index in [1.807, 2.05) is 6.07 Å². The summed E-state index contributed by atoms with van der Waals surface area (Å²) in [6.45, 7) is 0. The van der Waals surface area contributed by atoms with Crippen LogP contribution in [0.5, 0.6) is 0 Å². The lowest BCUT2D eigenvalue weighted by Crippen LogP contribution is -2.38. The van der Waals surface area contributed by atoms with Gasteiger partial charge in [0.1, 0.15) is 6.10 Å². The monoisotopic (exact) mass is 388 g/mol. The average molecular weight is 388 g/mol. The largest absolute Gasteiger partial charge is 0.294 e. The van der Waals surface area contributed by atoms with Gasteiger partial charge in [-0.15, -0.1) is 0 Å². The lowest BCUT2D eigenvalue weighted by Gasteiger charge is -2.33. The van der Waals surface area contributed by atoms with Crippen molar-refractivity contribution in [1.82, 2.24) is 0 Å². The summed E-state index contributed by atoms with van der Waals surface area (Å²) in [6, 6.07) is 21.4. The smallest absolute Gasteiger partial charge is 0.282 e. The van der Waals surface area contributed by atoms with Crippen LogP contribution in [0.25, 0.3) is 0 Å². The van der Waals surface area contributed by atoms with Gasteiger partial charge in [0.15, 0.2) is 5.78 Å². The van der Waals surface area contributed by atoms with Crippen molar-refractivity contribution in [2.24, 2.45) is 0 Å². The lowest BCUT2D eigenvalue weighted by molar-refractivity contribution is -0.384. The summed E-state index contributed by atoms with van der Waals surface area (Å²) >= 11 is 0. The first-order valence-corrected chi connectivity index (χ1v) is 8.97. The Labute approximate surface area is 166 Å². The number of ketones is 1. The van der Waals surface area contributed by atoms with E-state index in [1.165, 1.54) is 29.3 Å². The van der Waals surface area contributed by atoms with Crippen LogP contribution in [0, 0.1) is 10.1 Å². The van der Waals surface area contributed by atoms with Gasteiger partial charge in [-0.1, -0.05) is 36.4 Å². The van der Waals surface area contributed by atoms with E-state index in [0.717, 1.165) is 0 Å². The zero-order valence-corrected chi connectivity index (χ0v) is 15.2. The third-order valence-electron chi connectivity index (χ3n) is 4.72. The average Bonchev–Trinajstić information content (AvgIpc) is 2.76. The van der Waals surface area contributed by atoms with Crippen LogP contribution in [0.2, 0.25) is 0 Å². The van der Waals surface area contributed by atoms with E-state index in [4.69, 9.17) is 4.84 Å². The highest BCUT2D eigenvalue weighted by atomic mass is 16.7. The molecule has 144 valence electrons. The van der Waals surface area contributed by atoms with Gasteiger partial charge in [-0.05, 0) is 35.9 Å². The first-order chi connectivity index (χ1) is 14.0. The molecule has 0 spiro atoms. The number of para-hydroxylation sites is 1. The molecular weight excluding hydrogens is 372 g/mol. The number of hydrogen-bond acceptors (Lipinski definition) is 5. The van der Waals surface area contributed by atoms with Crippen molar-refractivity contribution in [2.75, 3.05) is 5.06 Å². The van der Waals surface area contributed by atoms with Gasteiger partial charge in [0.2, 0.25) is 0 Å². The maximum absolute atomic E-state index is 12.9. The van der Waals surface area contributed by atoms with E-state index in [2.05, 4.69) is 0 Å². The Balaban J connectivity index is 1.63. The molecule has 0 saturated heterocycles. The van der Waals surface area contributed by atoms with Crippen molar-refractivity contribution in [3.8, 4) is 0 Å². The number of amides is 1. The zero-order valence-electron chi connectivity index (χ0n) is 15.2. The molecule has 0 saturated carbocycles. The number of hydroxylamine groups is 1. The summed E-state index contributed by atoms with van der Waals surface area (Å²) in [5.74, 6) is -0.534. The number of nitrogens with zero attached hydrogens (tertiary/aromatic N) is 2. The Morgan fingerprint density at radius 3 is 2.31 bits per heavy atom. The number of nitro benzene ring substituents is 1. The predicted molar refractivity (Wildman–Crippen MR) is 106 cm³/mol. The molecule has 1 atom stereocenters. The quantitative estimate of drug-likeness (QED) is 0.365. The number of anilines is 1. The van der Waals surface area contributed by atoms with Crippen LogP contribution < -0.4 is 5.06 Å². The molecule has 0 aliphatic carbocycles. The van der Waals surface area contributed by atoms with E-state index in [1.54, 1.807) is 48.5 Å². The van der Waals surface area contributed by atoms with Crippen LogP contribution in [-0.2, 0) is 4.84 Å². The maximum atomic E-state index is 12.9. The lowest BCUT2D eigenvalue weighted by atomic mass is 9.94. The number of fused-ring (bicyclic) bond motifs is 1. The Morgan fingerprint density at radius 2 is 1.62 bits per heavy atom. The second-order valence-corrected chi connectivity index (χ2v) is 6.55. The minimum absolute atomic E-state index is 0.00849. The van der Waals surface area contributed by atoms with E-state index in [9.17, 15) is 19.7 Å². The van der Waals surface area contributed by atoms with Crippen LogP contribution in [0.15, 0.2) is 78.9 Å². The number of non-ortho nitro benzene ring substituents is 1. The third kappa shape index (κ3) is 3.63. The van der Waals surface area contributed by atoms with Crippen LogP contribution in [0.1, 0.15) is 38.8 Å².